The number of amides is 1. The Hall–Kier alpha value is -2.70. The molecule has 144 valence electrons. The van der Waals surface area contributed by atoms with Crippen LogP contribution in [0.3, 0.4) is 0 Å². The van der Waals surface area contributed by atoms with Gasteiger partial charge in [-0.15, -0.1) is 0 Å². The second kappa shape index (κ2) is 8.99. The molecule has 3 rings (SSSR count). The van der Waals surface area contributed by atoms with Crippen molar-refractivity contribution in [3.63, 3.8) is 0 Å². The number of imidazole rings is 1. The van der Waals surface area contributed by atoms with Crippen molar-refractivity contribution in [2.24, 2.45) is 5.73 Å². The number of benzene rings is 2. The Balaban J connectivity index is 1.73. The molecule has 28 heavy (non-hydrogen) atoms. The molecule has 1 amide bonds. The first-order valence-electron chi connectivity index (χ1n) is 8.76. The highest BCUT2D eigenvalue weighted by Crippen LogP contribution is 2.27. The van der Waals surface area contributed by atoms with Gasteiger partial charge in [0, 0.05) is 22.4 Å². The van der Waals surface area contributed by atoms with Crippen LogP contribution in [0.15, 0.2) is 66.5 Å². The van der Waals surface area contributed by atoms with E-state index in [2.05, 4.69) is 34.8 Å². The second-order valence-corrected chi connectivity index (χ2v) is 7.13. The summed E-state index contributed by atoms with van der Waals surface area (Å²) in [6, 6.07) is 15.2. The molecule has 0 aliphatic carbocycles. The minimum absolute atomic E-state index is 0.0904. The number of nitrogens with two attached hydrogens (primary N) is 1. The number of rotatable bonds is 6. The molecule has 1 aromatic heterocycles. The summed E-state index contributed by atoms with van der Waals surface area (Å²) in [5.41, 5.74) is 9.43. The summed E-state index contributed by atoms with van der Waals surface area (Å²) >= 11 is 10.1. The fourth-order valence-corrected chi connectivity index (χ4v) is 3.16. The maximum atomic E-state index is 11.9. The van der Waals surface area contributed by atoms with Crippen molar-refractivity contribution in [1.29, 1.82) is 0 Å². The van der Waals surface area contributed by atoms with Crippen LogP contribution in [0.4, 0.5) is 5.69 Å². The largest absolute Gasteiger partial charge is 0.395 e. The summed E-state index contributed by atoms with van der Waals surface area (Å²) in [5.74, 6) is 1.02. The van der Waals surface area contributed by atoms with Gasteiger partial charge in [-0.1, -0.05) is 42.8 Å². The normalized spacial score (nSPS) is 12.6. The van der Waals surface area contributed by atoms with Crippen molar-refractivity contribution in [1.82, 2.24) is 9.97 Å². The molecule has 3 aromatic rings. The van der Waals surface area contributed by atoms with Gasteiger partial charge in [0.1, 0.15) is 5.82 Å². The van der Waals surface area contributed by atoms with Crippen LogP contribution in [-0.4, -0.2) is 21.6 Å². The number of halogens is 1. The minimum atomic E-state index is -0.346. The zero-order valence-electron chi connectivity index (χ0n) is 15.3. The van der Waals surface area contributed by atoms with E-state index in [0.717, 1.165) is 22.6 Å². The lowest BCUT2D eigenvalue weighted by Crippen LogP contribution is -2.20. The lowest BCUT2D eigenvalue weighted by atomic mass is 10.0. The van der Waals surface area contributed by atoms with Gasteiger partial charge in [0.15, 0.2) is 0 Å². The summed E-state index contributed by atoms with van der Waals surface area (Å²) in [6.07, 6.45) is 3.36. The van der Waals surface area contributed by atoms with Crippen molar-refractivity contribution < 1.29 is 4.79 Å². The lowest BCUT2D eigenvalue weighted by molar-refractivity contribution is -0.112. The summed E-state index contributed by atoms with van der Waals surface area (Å²) in [6.45, 7) is 2.08. The number of aromatic amines is 1. The SMILES string of the molecule is CC(c1cccc(Cl)c1)c1ncc(-c2ccc(NC(=O)/C(N)=C/CS)cc2)[nH]1. The molecule has 4 N–H and O–H groups in total. The first kappa shape index (κ1) is 20.0. The standard InChI is InChI=1S/C21H21ClN4OS/c1-13(15-3-2-4-16(22)11-15)20-24-12-19(26-20)14-5-7-17(8-6-14)25-21(27)18(23)9-10-28/h2-9,11-13,28H,10,23H2,1H3,(H,24,26)(H,25,27)/b18-9-. The number of anilines is 1. The van der Waals surface area contributed by atoms with Gasteiger partial charge in [-0.3, -0.25) is 4.79 Å². The summed E-state index contributed by atoms with van der Waals surface area (Å²) in [7, 11) is 0. The number of hydrogen-bond acceptors (Lipinski definition) is 4. The van der Waals surface area contributed by atoms with Crippen LogP contribution in [0.25, 0.3) is 11.3 Å². The van der Waals surface area contributed by atoms with Crippen molar-refractivity contribution >= 4 is 35.8 Å². The van der Waals surface area contributed by atoms with Gasteiger partial charge in [0.2, 0.25) is 0 Å². The molecule has 5 nitrogen and oxygen atoms in total. The molecule has 0 bridgehead atoms. The number of aromatic nitrogens is 2. The van der Waals surface area contributed by atoms with Crippen LogP contribution in [-0.2, 0) is 4.79 Å². The molecule has 0 saturated carbocycles. The maximum absolute atomic E-state index is 11.9. The smallest absolute Gasteiger partial charge is 0.271 e. The van der Waals surface area contributed by atoms with Crippen LogP contribution in [0.1, 0.15) is 24.2 Å². The molecule has 0 saturated heterocycles. The fraction of sp³-hybridized carbons (Fsp3) is 0.143. The van der Waals surface area contributed by atoms with E-state index in [1.807, 2.05) is 48.5 Å². The average molecular weight is 413 g/mol. The van der Waals surface area contributed by atoms with Gasteiger partial charge < -0.3 is 16.0 Å². The van der Waals surface area contributed by atoms with E-state index in [0.29, 0.717) is 16.5 Å². The number of nitrogens with zero attached hydrogens (tertiary/aromatic N) is 1. The van der Waals surface area contributed by atoms with Gasteiger partial charge >= 0.3 is 0 Å². The third-order valence-corrected chi connectivity index (χ3v) is 4.80. The van der Waals surface area contributed by atoms with Crippen LogP contribution in [0.5, 0.6) is 0 Å². The summed E-state index contributed by atoms with van der Waals surface area (Å²) < 4.78 is 0. The molecule has 1 unspecified atom stereocenters. The first-order chi connectivity index (χ1) is 13.5. The number of hydrogen-bond donors (Lipinski definition) is 4. The Morgan fingerprint density at radius 1 is 1.32 bits per heavy atom. The Kier molecular flexibility index (Phi) is 6.44. The van der Waals surface area contributed by atoms with Gasteiger partial charge in [-0.2, -0.15) is 12.6 Å². The Bertz CT molecular complexity index is 998. The first-order valence-corrected chi connectivity index (χ1v) is 9.77. The van der Waals surface area contributed by atoms with Gasteiger partial charge in [0.05, 0.1) is 17.6 Å². The number of H-pyrrole nitrogens is 1. The van der Waals surface area contributed by atoms with E-state index < -0.39 is 0 Å². The van der Waals surface area contributed by atoms with Crippen molar-refractivity contribution in [2.75, 3.05) is 11.1 Å². The predicted octanol–water partition coefficient (Wildman–Crippen LogP) is 4.59. The monoisotopic (exact) mass is 412 g/mol. The molecule has 0 aliphatic rings. The van der Waals surface area contributed by atoms with Crippen molar-refractivity contribution in [3.05, 3.63) is 82.9 Å². The third kappa shape index (κ3) is 4.77. The molecule has 0 spiro atoms. The summed E-state index contributed by atoms with van der Waals surface area (Å²) in [5, 5.41) is 3.46. The topological polar surface area (TPSA) is 83.8 Å². The molecule has 1 atom stereocenters. The van der Waals surface area contributed by atoms with Gasteiger partial charge in [-0.05, 0) is 41.5 Å². The lowest BCUT2D eigenvalue weighted by Gasteiger charge is -2.09. The Morgan fingerprint density at radius 2 is 2.07 bits per heavy atom. The molecular weight excluding hydrogens is 392 g/mol. The number of carbonyl (C=O) groups excluding carboxylic acids is 1. The van der Waals surface area contributed by atoms with Crippen LogP contribution in [0.2, 0.25) is 5.02 Å². The zero-order chi connectivity index (χ0) is 20.1. The van der Waals surface area contributed by atoms with Crippen molar-refractivity contribution in [3.8, 4) is 11.3 Å². The predicted molar refractivity (Wildman–Crippen MR) is 118 cm³/mol. The molecule has 2 aromatic carbocycles. The molecule has 7 heteroatoms. The Morgan fingerprint density at radius 3 is 2.75 bits per heavy atom. The van der Waals surface area contributed by atoms with E-state index >= 15 is 0 Å². The van der Waals surface area contributed by atoms with E-state index in [4.69, 9.17) is 17.3 Å². The van der Waals surface area contributed by atoms with E-state index in [1.54, 1.807) is 12.3 Å². The fourth-order valence-electron chi connectivity index (χ4n) is 2.76. The number of thiol groups is 1. The molecule has 0 aliphatic heterocycles. The van der Waals surface area contributed by atoms with Gasteiger partial charge in [-0.25, -0.2) is 4.98 Å². The van der Waals surface area contributed by atoms with Crippen LogP contribution < -0.4 is 11.1 Å². The number of nitrogens with one attached hydrogen (secondary N) is 2. The van der Waals surface area contributed by atoms with Crippen LogP contribution >= 0.6 is 24.2 Å². The maximum Gasteiger partial charge on any atom is 0.271 e. The number of carbonyl (C=O) groups is 1. The summed E-state index contributed by atoms with van der Waals surface area (Å²) in [4.78, 5) is 19.8. The minimum Gasteiger partial charge on any atom is -0.395 e. The van der Waals surface area contributed by atoms with Gasteiger partial charge in [0.25, 0.3) is 5.91 Å². The second-order valence-electron chi connectivity index (χ2n) is 6.33. The average Bonchev–Trinajstić information content (AvgIpc) is 3.18. The zero-order valence-corrected chi connectivity index (χ0v) is 17.0. The third-order valence-electron chi connectivity index (χ3n) is 4.38. The van der Waals surface area contributed by atoms with Crippen molar-refractivity contribution in [2.45, 2.75) is 12.8 Å². The van der Waals surface area contributed by atoms with Crippen LogP contribution in [0, 0.1) is 0 Å². The highest BCUT2D eigenvalue weighted by Gasteiger charge is 2.13. The molecule has 1 heterocycles. The quantitative estimate of drug-likeness (QED) is 0.353. The van der Waals surface area contributed by atoms with E-state index in [9.17, 15) is 4.79 Å². The molecule has 0 fully saturated rings. The van der Waals surface area contributed by atoms with E-state index in [1.165, 1.54) is 0 Å². The van der Waals surface area contributed by atoms with E-state index in [-0.39, 0.29) is 17.5 Å². The molecular formula is C21H21ClN4OS. The Labute approximate surface area is 174 Å². The molecule has 0 radical (unpaired) electrons. The highest BCUT2D eigenvalue weighted by molar-refractivity contribution is 7.80. The highest BCUT2D eigenvalue weighted by atomic mass is 35.5.